The molecule has 1 saturated carbocycles. The maximum atomic E-state index is 12.8. The van der Waals surface area contributed by atoms with Crippen LogP contribution >= 0.6 is 0 Å². The minimum absolute atomic E-state index is 0.0230. The highest BCUT2D eigenvalue weighted by Gasteiger charge is 2.37. The van der Waals surface area contributed by atoms with Gasteiger partial charge in [-0.05, 0) is 57.1 Å². The average molecular weight is 416 g/mol. The second-order valence-corrected chi connectivity index (χ2v) is 8.39. The van der Waals surface area contributed by atoms with Crippen molar-refractivity contribution in [1.29, 1.82) is 0 Å². The smallest absolute Gasteiger partial charge is 0.253 e. The van der Waals surface area contributed by atoms with Crippen molar-refractivity contribution < 1.29 is 19.1 Å². The molecule has 1 atom stereocenters. The van der Waals surface area contributed by atoms with Gasteiger partial charge in [0.05, 0.1) is 0 Å². The Hall–Kier alpha value is -2.41. The van der Waals surface area contributed by atoms with Crippen molar-refractivity contribution in [3.05, 3.63) is 35.4 Å². The zero-order chi connectivity index (χ0) is 21.5. The molecule has 0 aromatic heterocycles. The lowest BCUT2D eigenvalue weighted by atomic mass is 9.88. The first-order valence-corrected chi connectivity index (χ1v) is 10.9. The van der Waals surface area contributed by atoms with Crippen molar-refractivity contribution in [2.45, 2.75) is 45.1 Å². The van der Waals surface area contributed by atoms with Crippen LogP contribution in [0.5, 0.6) is 0 Å². The van der Waals surface area contributed by atoms with Gasteiger partial charge in [0.25, 0.3) is 5.91 Å². The first kappa shape index (κ1) is 22.3. The third-order valence-corrected chi connectivity index (χ3v) is 5.95. The number of aryl methyl sites for hydroxylation is 1. The highest BCUT2D eigenvalue weighted by molar-refractivity contribution is 5.94. The number of nitrogens with one attached hydrogen (secondary N) is 2. The van der Waals surface area contributed by atoms with Crippen LogP contribution in [0.1, 0.15) is 48.0 Å². The summed E-state index contributed by atoms with van der Waals surface area (Å²) in [6, 6.07) is 7.05. The summed E-state index contributed by atoms with van der Waals surface area (Å²) in [5.41, 5.74) is 1.81. The Morgan fingerprint density at radius 2 is 1.77 bits per heavy atom. The van der Waals surface area contributed by atoms with Crippen molar-refractivity contribution in [1.82, 2.24) is 15.5 Å². The fraction of sp³-hybridized carbons (Fsp3) is 0.609. The van der Waals surface area contributed by atoms with Crippen LogP contribution in [0.2, 0.25) is 0 Å². The van der Waals surface area contributed by atoms with E-state index in [-0.39, 0.29) is 29.6 Å². The van der Waals surface area contributed by atoms with Gasteiger partial charge < -0.3 is 20.3 Å². The Labute approximate surface area is 178 Å². The molecule has 3 rings (SSSR count). The SMILES string of the molecule is COCCCNC(=O)[C@@H](NC(=O)C1CC1)C1CCN(C(=O)c2ccc(C)cc2)CC1. The van der Waals surface area contributed by atoms with E-state index >= 15 is 0 Å². The topological polar surface area (TPSA) is 87.7 Å². The zero-order valence-corrected chi connectivity index (χ0v) is 18.0. The quantitative estimate of drug-likeness (QED) is 0.603. The average Bonchev–Trinajstić information content (AvgIpc) is 3.60. The van der Waals surface area contributed by atoms with Crippen LogP contribution < -0.4 is 10.6 Å². The number of benzene rings is 1. The number of rotatable bonds is 9. The number of methoxy groups -OCH3 is 1. The number of piperidine rings is 1. The molecule has 2 fully saturated rings. The van der Waals surface area contributed by atoms with Crippen molar-refractivity contribution in [2.75, 3.05) is 33.4 Å². The van der Waals surface area contributed by atoms with Crippen molar-refractivity contribution in [3.8, 4) is 0 Å². The number of carbonyl (C=O) groups is 3. The molecule has 0 bridgehead atoms. The second kappa shape index (κ2) is 10.6. The van der Waals surface area contributed by atoms with E-state index < -0.39 is 6.04 Å². The molecular weight excluding hydrogens is 382 g/mol. The van der Waals surface area contributed by atoms with E-state index in [1.54, 1.807) is 7.11 Å². The molecule has 0 spiro atoms. The van der Waals surface area contributed by atoms with E-state index in [2.05, 4.69) is 10.6 Å². The molecular formula is C23H33N3O4. The highest BCUT2D eigenvalue weighted by Crippen LogP contribution is 2.30. The van der Waals surface area contributed by atoms with Gasteiger partial charge in [0.1, 0.15) is 6.04 Å². The molecule has 1 aromatic carbocycles. The summed E-state index contributed by atoms with van der Waals surface area (Å²) < 4.78 is 5.02. The molecule has 3 amide bonds. The van der Waals surface area contributed by atoms with Crippen molar-refractivity contribution in [2.24, 2.45) is 11.8 Å². The molecule has 7 heteroatoms. The van der Waals surface area contributed by atoms with Gasteiger partial charge in [-0.25, -0.2) is 0 Å². The Morgan fingerprint density at radius 1 is 1.10 bits per heavy atom. The normalized spacial score (nSPS) is 18.0. The number of hydrogen-bond donors (Lipinski definition) is 2. The molecule has 2 N–H and O–H groups in total. The Morgan fingerprint density at radius 3 is 2.37 bits per heavy atom. The van der Waals surface area contributed by atoms with E-state index in [1.807, 2.05) is 36.1 Å². The molecule has 1 aliphatic heterocycles. The number of amides is 3. The molecule has 30 heavy (non-hydrogen) atoms. The fourth-order valence-corrected chi connectivity index (χ4v) is 3.87. The van der Waals surface area contributed by atoms with Crippen molar-refractivity contribution in [3.63, 3.8) is 0 Å². The third-order valence-electron chi connectivity index (χ3n) is 5.95. The third kappa shape index (κ3) is 6.05. The molecule has 2 aliphatic rings. The molecule has 1 aromatic rings. The standard InChI is InChI=1S/C23H33N3O4/c1-16-4-6-19(7-5-16)23(29)26-13-10-17(11-14-26)20(25-21(27)18-8-9-18)22(28)24-12-3-15-30-2/h4-7,17-18,20H,3,8-15H2,1-2H3,(H,24,28)(H,25,27)/t20-/m0/s1. The van der Waals surface area contributed by atoms with Crippen molar-refractivity contribution >= 4 is 17.7 Å². The van der Waals surface area contributed by atoms with Crippen LogP contribution in [0.15, 0.2) is 24.3 Å². The molecule has 164 valence electrons. The minimum Gasteiger partial charge on any atom is -0.385 e. The summed E-state index contributed by atoms with van der Waals surface area (Å²) in [4.78, 5) is 39.8. The molecule has 0 unspecified atom stereocenters. The van der Waals surface area contributed by atoms with Crippen LogP contribution in [0, 0.1) is 18.8 Å². The summed E-state index contributed by atoms with van der Waals surface area (Å²) >= 11 is 0. The van der Waals surface area contributed by atoms with Crippen LogP contribution in [0.3, 0.4) is 0 Å². The lowest BCUT2D eigenvalue weighted by Crippen LogP contribution is -2.54. The molecule has 1 heterocycles. The van der Waals surface area contributed by atoms with E-state index in [0.717, 1.165) is 24.8 Å². The maximum absolute atomic E-state index is 12.8. The lowest BCUT2D eigenvalue weighted by Gasteiger charge is -2.36. The number of carbonyl (C=O) groups excluding carboxylic acids is 3. The Bertz CT molecular complexity index is 737. The monoisotopic (exact) mass is 415 g/mol. The van der Waals surface area contributed by atoms with Gasteiger partial charge >= 0.3 is 0 Å². The molecule has 1 saturated heterocycles. The van der Waals surface area contributed by atoms with E-state index in [4.69, 9.17) is 4.74 Å². The van der Waals surface area contributed by atoms with Gasteiger partial charge in [-0.2, -0.15) is 0 Å². The van der Waals surface area contributed by atoms with E-state index in [0.29, 0.717) is 44.6 Å². The summed E-state index contributed by atoms with van der Waals surface area (Å²) in [5.74, 6) is -0.0566. The lowest BCUT2D eigenvalue weighted by molar-refractivity contribution is -0.131. The predicted octanol–water partition coefficient (Wildman–Crippen LogP) is 1.89. The van der Waals surface area contributed by atoms with Crippen LogP contribution in [0.4, 0.5) is 0 Å². The molecule has 1 aliphatic carbocycles. The predicted molar refractivity (Wildman–Crippen MR) is 114 cm³/mol. The van der Waals surface area contributed by atoms with Gasteiger partial charge in [0.15, 0.2) is 0 Å². The van der Waals surface area contributed by atoms with Crippen LogP contribution in [0.25, 0.3) is 0 Å². The largest absolute Gasteiger partial charge is 0.385 e. The molecule has 7 nitrogen and oxygen atoms in total. The van der Waals surface area contributed by atoms with E-state index in [9.17, 15) is 14.4 Å². The van der Waals surface area contributed by atoms with Gasteiger partial charge in [0.2, 0.25) is 11.8 Å². The van der Waals surface area contributed by atoms with Gasteiger partial charge in [-0.1, -0.05) is 17.7 Å². The number of likely N-dealkylation sites (tertiary alicyclic amines) is 1. The summed E-state index contributed by atoms with van der Waals surface area (Å²) in [7, 11) is 1.63. The second-order valence-electron chi connectivity index (χ2n) is 8.39. The van der Waals surface area contributed by atoms with E-state index in [1.165, 1.54) is 0 Å². The Balaban J connectivity index is 1.57. The minimum atomic E-state index is -0.544. The summed E-state index contributed by atoms with van der Waals surface area (Å²) in [6.07, 6.45) is 3.92. The van der Waals surface area contributed by atoms with Gasteiger partial charge in [-0.3, -0.25) is 14.4 Å². The van der Waals surface area contributed by atoms with Gasteiger partial charge in [0, 0.05) is 44.8 Å². The van der Waals surface area contributed by atoms with Crippen LogP contribution in [-0.4, -0.2) is 62.0 Å². The first-order chi connectivity index (χ1) is 14.5. The highest BCUT2D eigenvalue weighted by atomic mass is 16.5. The molecule has 0 radical (unpaired) electrons. The summed E-state index contributed by atoms with van der Waals surface area (Å²) in [6.45, 7) is 4.27. The Kier molecular flexibility index (Phi) is 7.85. The maximum Gasteiger partial charge on any atom is 0.253 e. The zero-order valence-electron chi connectivity index (χ0n) is 18.0. The number of nitrogens with zero attached hydrogens (tertiary/aromatic N) is 1. The fourth-order valence-electron chi connectivity index (χ4n) is 3.87. The van der Waals surface area contributed by atoms with Crippen LogP contribution in [-0.2, 0) is 14.3 Å². The first-order valence-electron chi connectivity index (χ1n) is 10.9. The number of ether oxygens (including phenoxy) is 1. The summed E-state index contributed by atoms with van der Waals surface area (Å²) in [5, 5.41) is 5.92. The van der Waals surface area contributed by atoms with Gasteiger partial charge in [-0.15, -0.1) is 0 Å². The number of hydrogen-bond acceptors (Lipinski definition) is 4.